The molecule has 0 aromatic heterocycles. The van der Waals surface area contributed by atoms with E-state index in [1.165, 1.54) is 43.6 Å². The lowest BCUT2D eigenvalue weighted by Gasteiger charge is -2.38. The van der Waals surface area contributed by atoms with Crippen LogP contribution < -0.4 is 5.32 Å². The largest absolute Gasteiger partial charge is 0.339 e. The Morgan fingerprint density at radius 3 is 1.97 bits per heavy atom. The molecule has 0 atom stereocenters. The van der Waals surface area contributed by atoms with Crippen LogP contribution >= 0.6 is 0 Å². The van der Waals surface area contributed by atoms with Crippen LogP contribution in [0.2, 0.25) is 0 Å². The fraction of sp³-hybridized carbons (Fsp3) is 0.500. The summed E-state index contributed by atoms with van der Waals surface area (Å²) in [5.74, 6) is 1.02. The first-order chi connectivity index (χ1) is 15.2. The second-order valence-corrected chi connectivity index (χ2v) is 9.06. The van der Waals surface area contributed by atoms with Crippen LogP contribution in [0.1, 0.15) is 30.0 Å². The van der Waals surface area contributed by atoms with Crippen molar-refractivity contribution in [3.05, 3.63) is 71.8 Å². The van der Waals surface area contributed by atoms with E-state index in [4.69, 9.17) is 0 Å². The van der Waals surface area contributed by atoms with Crippen molar-refractivity contribution in [3.63, 3.8) is 0 Å². The van der Waals surface area contributed by atoms with Gasteiger partial charge in [-0.15, -0.1) is 0 Å². The fourth-order valence-corrected chi connectivity index (χ4v) is 4.81. The zero-order chi connectivity index (χ0) is 21.5. The number of piperazine rings is 1. The monoisotopic (exact) mass is 420 g/mol. The lowest BCUT2D eigenvalue weighted by atomic mass is 9.96. The minimum atomic E-state index is 0.0251. The number of carbonyl (C=O) groups is 1. The van der Waals surface area contributed by atoms with Gasteiger partial charge in [0.25, 0.3) is 0 Å². The van der Waals surface area contributed by atoms with E-state index in [9.17, 15) is 4.79 Å². The third kappa shape index (κ3) is 6.16. The Morgan fingerprint density at radius 2 is 1.42 bits per heavy atom. The molecule has 0 aliphatic carbocycles. The van der Waals surface area contributed by atoms with E-state index in [2.05, 4.69) is 70.7 Å². The highest BCUT2D eigenvalue weighted by atomic mass is 16.2. The first-order valence-electron chi connectivity index (χ1n) is 11.7. The summed E-state index contributed by atoms with van der Waals surface area (Å²) in [5, 5.41) is 3.52. The molecule has 166 valence electrons. The number of likely N-dealkylation sites (tertiary alicyclic amines) is 1. The Kier molecular flexibility index (Phi) is 7.73. The summed E-state index contributed by atoms with van der Waals surface area (Å²) in [7, 11) is 2.22. The van der Waals surface area contributed by atoms with Gasteiger partial charge in [-0.3, -0.25) is 15.0 Å². The van der Waals surface area contributed by atoms with E-state index < -0.39 is 0 Å². The summed E-state index contributed by atoms with van der Waals surface area (Å²) >= 11 is 0. The number of benzene rings is 2. The van der Waals surface area contributed by atoms with Crippen LogP contribution in [-0.2, 0) is 4.79 Å². The molecule has 2 saturated heterocycles. The van der Waals surface area contributed by atoms with Crippen molar-refractivity contribution in [1.82, 2.24) is 20.0 Å². The number of hydrogen-bond acceptors (Lipinski definition) is 4. The van der Waals surface area contributed by atoms with Gasteiger partial charge in [-0.2, -0.15) is 0 Å². The standard InChI is InChI=1S/C26H36N4O/c1-28-14-12-22(13-15-28)21-29-16-18-30(19-17-29)25(31)20-27-26(23-8-4-2-5-9-23)24-10-6-3-7-11-24/h2-11,22,26-27H,12-21H2,1H3. The van der Waals surface area contributed by atoms with E-state index in [0.717, 1.165) is 32.1 Å². The molecule has 2 heterocycles. The number of nitrogens with one attached hydrogen (secondary N) is 1. The van der Waals surface area contributed by atoms with Gasteiger partial charge >= 0.3 is 0 Å². The molecule has 0 unspecified atom stereocenters. The molecule has 2 aliphatic rings. The molecule has 1 N–H and O–H groups in total. The molecule has 31 heavy (non-hydrogen) atoms. The van der Waals surface area contributed by atoms with Gasteiger partial charge in [0.15, 0.2) is 0 Å². The highest BCUT2D eigenvalue weighted by Crippen LogP contribution is 2.22. The molecule has 2 aliphatic heterocycles. The molecule has 2 aromatic rings. The lowest BCUT2D eigenvalue weighted by molar-refractivity contribution is -0.132. The zero-order valence-corrected chi connectivity index (χ0v) is 18.7. The second-order valence-electron chi connectivity index (χ2n) is 9.06. The van der Waals surface area contributed by atoms with E-state index in [0.29, 0.717) is 6.54 Å². The number of rotatable bonds is 7. The zero-order valence-electron chi connectivity index (χ0n) is 18.7. The van der Waals surface area contributed by atoms with Gasteiger partial charge in [0.05, 0.1) is 12.6 Å². The molecule has 0 radical (unpaired) electrons. The van der Waals surface area contributed by atoms with Crippen LogP contribution in [0.4, 0.5) is 0 Å². The lowest BCUT2D eigenvalue weighted by Crippen LogP contribution is -2.52. The molecule has 1 amide bonds. The molecule has 0 saturated carbocycles. The minimum Gasteiger partial charge on any atom is -0.339 e. The van der Waals surface area contributed by atoms with Gasteiger partial charge < -0.3 is 9.80 Å². The van der Waals surface area contributed by atoms with Gasteiger partial charge in [0, 0.05) is 32.7 Å². The van der Waals surface area contributed by atoms with Crippen molar-refractivity contribution in [2.24, 2.45) is 5.92 Å². The van der Waals surface area contributed by atoms with E-state index in [-0.39, 0.29) is 11.9 Å². The number of carbonyl (C=O) groups excluding carboxylic acids is 1. The highest BCUT2D eigenvalue weighted by molar-refractivity contribution is 5.78. The van der Waals surface area contributed by atoms with Gasteiger partial charge in [0.1, 0.15) is 0 Å². The SMILES string of the molecule is CN1CCC(CN2CCN(C(=O)CNC(c3ccccc3)c3ccccc3)CC2)CC1. The second kappa shape index (κ2) is 10.9. The topological polar surface area (TPSA) is 38.8 Å². The Labute approximate surface area is 187 Å². The van der Waals surface area contributed by atoms with Gasteiger partial charge in [0.2, 0.25) is 5.91 Å². The van der Waals surface area contributed by atoms with Gasteiger partial charge in [-0.1, -0.05) is 60.7 Å². The summed E-state index contributed by atoms with van der Waals surface area (Å²) in [6.45, 7) is 7.68. The van der Waals surface area contributed by atoms with Gasteiger partial charge in [-0.25, -0.2) is 0 Å². The molecule has 0 bridgehead atoms. The molecule has 5 heteroatoms. The number of hydrogen-bond donors (Lipinski definition) is 1. The van der Waals surface area contributed by atoms with E-state index >= 15 is 0 Å². The predicted molar refractivity (Wildman–Crippen MR) is 126 cm³/mol. The maximum Gasteiger partial charge on any atom is 0.236 e. The van der Waals surface area contributed by atoms with Crippen LogP contribution in [0.5, 0.6) is 0 Å². The van der Waals surface area contributed by atoms with Crippen molar-refractivity contribution in [1.29, 1.82) is 0 Å². The molecule has 2 fully saturated rings. The first-order valence-corrected chi connectivity index (χ1v) is 11.7. The average molecular weight is 421 g/mol. The highest BCUT2D eigenvalue weighted by Gasteiger charge is 2.25. The molecule has 2 aromatic carbocycles. The van der Waals surface area contributed by atoms with E-state index in [1.54, 1.807) is 0 Å². The number of piperidine rings is 1. The number of nitrogens with zero attached hydrogens (tertiary/aromatic N) is 3. The summed E-state index contributed by atoms with van der Waals surface area (Å²) < 4.78 is 0. The maximum absolute atomic E-state index is 12.9. The molecule has 0 spiro atoms. The Morgan fingerprint density at radius 1 is 0.871 bits per heavy atom. The predicted octanol–water partition coefficient (Wildman–Crippen LogP) is 2.85. The van der Waals surface area contributed by atoms with Crippen LogP contribution in [0, 0.1) is 5.92 Å². The third-order valence-corrected chi connectivity index (χ3v) is 6.80. The number of amides is 1. The Hall–Kier alpha value is -2.21. The van der Waals surface area contributed by atoms with Crippen molar-refractivity contribution >= 4 is 5.91 Å². The van der Waals surface area contributed by atoms with Crippen LogP contribution in [0.3, 0.4) is 0 Å². The maximum atomic E-state index is 12.9. The van der Waals surface area contributed by atoms with Crippen LogP contribution in [-0.4, -0.2) is 80.0 Å². The summed E-state index contributed by atoms with van der Waals surface area (Å²) in [6.07, 6.45) is 2.61. The quantitative estimate of drug-likeness (QED) is 0.748. The van der Waals surface area contributed by atoms with E-state index in [1.807, 2.05) is 17.0 Å². The van der Waals surface area contributed by atoms with Crippen LogP contribution in [0.25, 0.3) is 0 Å². The summed E-state index contributed by atoms with van der Waals surface area (Å²) in [6, 6.07) is 20.8. The summed E-state index contributed by atoms with van der Waals surface area (Å²) in [4.78, 5) is 20.0. The van der Waals surface area contributed by atoms with Crippen LogP contribution in [0.15, 0.2) is 60.7 Å². The van der Waals surface area contributed by atoms with Gasteiger partial charge in [-0.05, 0) is 50.0 Å². The van der Waals surface area contributed by atoms with Crippen molar-refractivity contribution in [3.8, 4) is 0 Å². The van der Waals surface area contributed by atoms with Crippen molar-refractivity contribution < 1.29 is 4.79 Å². The molecular formula is C26H36N4O. The Bertz CT molecular complexity index is 757. The molecule has 5 nitrogen and oxygen atoms in total. The molecular weight excluding hydrogens is 384 g/mol. The average Bonchev–Trinajstić information content (AvgIpc) is 2.82. The normalized spacial score (nSPS) is 19.1. The third-order valence-electron chi connectivity index (χ3n) is 6.80. The Balaban J connectivity index is 1.27. The van der Waals surface area contributed by atoms with Crippen molar-refractivity contribution in [2.75, 3.05) is 59.4 Å². The fourth-order valence-electron chi connectivity index (χ4n) is 4.81. The molecule has 4 rings (SSSR count). The smallest absolute Gasteiger partial charge is 0.236 e. The first kappa shape index (κ1) is 22.0. The van der Waals surface area contributed by atoms with Crippen molar-refractivity contribution in [2.45, 2.75) is 18.9 Å². The minimum absolute atomic E-state index is 0.0251. The summed E-state index contributed by atoms with van der Waals surface area (Å²) in [5.41, 5.74) is 2.37.